The monoisotopic (exact) mass is 277 g/mol. The van der Waals surface area contributed by atoms with E-state index in [4.69, 9.17) is 9.47 Å². The average molecular weight is 277 g/mol. The molecule has 0 atom stereocenters. The van der Waals surface area contributed by atoms with Crippen molar-refractivity contribution in [3.63, 3.8) is 0 Å². The van der Waals surface area contributed by atoms with E-state index in [0.717, 1.165) is 11.5 Å². The van der Waals surface area contributed by atoms with E-state index in [-0.39, 0.29) is 0 Å². The standard InChI is InChI=1S/C15H19NO2S/c1-4-15(5-1)6-7-16(11-15)19-12-2-3-13-14(10-12)18-9-8-17-13/h2-3,10H,1,4-9,11H2. The van der Waals surface area contributed by atoms with Gasteiger partial charge >= 0.3 is 0 Å². The first-order valence-corrected chi connectivity index (χ1v) is 7.93. The molecule has 0 radical (unpaired) electrons. The van der Waals surface area contributed by atoms with Crippen molar-refractivity contribution in [2.75, 3.05) is 26.3 Å². The maximum absolute atomic E-state index is 5.65. The summed E-state index contributed by atoms with van der Waals surface area (Å²) in [6.45, 7) is 3.80. The Hall–Kier alpha value is -0.870. The molecule has 4 rings (SSSR count). The average Bonchev–Trinajstić information content (AvgIpc) is 2.83. The van der Waals surface area contributed by atoms with Crippen molar-refractivity contribution in [2.45, 2.75) is 30.6 Å². The molecule has 1 saturated carbocycles. The first-order chi connectivity index (χ1) is 9.33. The Bertz CT molecular complexity index is 487. The summed E-state index contributed by atoms with van der Waals surface area (Å²) in [6.07, 6.45) is 5.68. The van der Waals surface area contributed by atoms with Crippen LogP contribution >= 0.6 is 11.9 Å². The lowest BCUT2D eigenvalue weighted by Crippen LogP contribution is -2.31. The lowest BCUT2D eigenvalue weighted by atomic mass is 9.68. The first-order valence-electron chi connectivity index (χ1n) is 7.16. The fraction of sp³-hybridized carbons (Fsp3) is 0.600. The highest BCUT2D eigenvalue weighted by atomic mass is 32.2. The van der Waals surface area contributed by atoms with Crippen LogP contribution in [0.4, 0.5) is 0 Å². The Morgan fingerprint density at radius 1 is 1.05 bits per heavy atom. The minimum atomic E-state index is 0.661. The molecule has 0 bridgehead atoms. The lowest BCUT2D eigenvalue weighted by Gasteiger charge is -2.38. The van der Waals surface area contributed by atoms with Crippen molar-refractivity contribution in [1.29, 1.82) is 0 Å². The SMILES string of the molecule is c1cc2c(cc1SN1CCC3(CCC3)C1)OCCO2. The number of hydrogen-bond acceptors (Lipinski definition) is 4. The second kappa shape index (κ2) is 4.60. The Labute approximate surface area is 118 Å². The molecule has 1 spiro atoms. The van der Waals surface area contributed by atoms with Crippen molar-refractivity contribution in [3.8, 4) is 11.5 Å². The van der Waals surface area contributed by atoms with Gasteiger partial charge in [-0.3, -0.25) is 0 Å². The minimum Gasteiger partial charge on any atom is -0.486 e. The summed E-state index contributed by atoms with van der Waals surface area (Å²) < 4.78 is 13.7. The van der Waals surface area contributed by atoms with Crippen LogP contribution in [0.25, 0.3) is 0 Å². The number of nitrogens with zero attached hydrogens (tertiary/aromatic N) is 1. The fourth-order valence-electron chi connectivity index (χ4n) is 3.29. The van der Waals surface area contributed by atoms with Crippen molar-refractivity contribution in [2.24, 2.45) is 5.41 Å². The van der Waals surface area contributed by atoms with Crippen LogP contribution < -0.4 is 9.47 Å². The van der Waals surface area contributed by atoms with Crippen molar-refractivity contribution >= 4 is 11.9 Å². The number of rotatable bonds is 2. The second-order valence-corrected chi connectivity index (χ2v) is 7.03. The third-order valence-electron chi connectivity index (χ3n) is 4.57. The molecular weight excluding hydrogens is 258 g/mol. The van der Waals surface area contributed by atoms with Gasteiger partial charge in [-0.1, -0.05) is 6.42 Å². The molecule has 3 nitrogen and oxygen atoms in total. The van der Waals surface area contributed by atoms with E-state index in [1.165, 1.54) is 43.7 Å². The molecule has 1 aromatic rings. The summed E-state index contributed by atoms with van der Waals surface area (Å²) in [7, 11) is 0. The molecule has 1 aromatic carbocycles. The molecule has 19 heavy (non-hydrogen) atoms. The van der Waals surface area contributed by atoms with Gasteiger partial charge in [0.05, 0.1) is 0 Å². The molecule has 4 heteroatoms. The van der Waals surface area contributed by atoms with E-state index in [0.29, 0.717) is 18.6 Å². The molecule has 2 aliphatic heterocycles. The van der Waals surface area contributed by atoms with Gasteiger partial charge < -0.3 is 9.47 Å². The summed E-state index contributed by atoms with van der Waals surface area (Å²) in [6, 6.07) is 6.29. The van der Waals surface area contributed by atoms with E-state index in [2.05, 4.69) is 16.4 Å². The largest absolute Gasteiger partial charge is 0.486 e. The van der Waals surface area contributed by atoms with Gasteiger partial charge in [-0.2, -0.15) is 0 Å². The maximum atomic E-state index is 5.65. The summed E-state index contributed by atoms with van der Waals surface area (Å²) in [4.78, 5) is 1.26. The topological polar surface area (TPSA) is 21.7 Å². The second-order valence-electron chi connectivity index (χ2n) is 5.86. The molecular formula is C15H19NO2S. The molecule has 0 aromatic heterocycles. The zero-order valence-electron chi connectivity index (χ0n) is 11.1. The minimum absolute atomic E-state index is 0.661. The third-order valence-corrected chi connectivity index (χ3v) is 5.60. The van der Waals surface area contributed by atoms with E-state index >= 15 is 0 Å². The van der Waals surface area contributed by atoms with E-state index in [9.17, 15) is 0 Å². The van der Waals surface area contributed by atoms with Crippen LogP contribution in [0, 0.1) is 5.41 Å². The molecule has 1 saturated heterocycles. The molecule has 0 unspecified atom stereocenters. The van der Waals surface area contributed by atoms with Crippen molar-refractivity contribution in [1.82, 2.24) is 4.31 Å². The number of fused-ring (bicyclic) bond motifs is 1. The van der Waals surface area contributed by atoms with E-state index in [1.54, 1.807) is 0 Å². The molecule has 2 heterocycles. The molecule has 102 valence electrons. The lowest BCUT2D eigenvalue weighted by molar-refractivity contribution is 0.155. The van der Waals surface area contributed by atoms with Crippen molar-refractivity contribution in [3.05, 3.63) is 18.2 Å². The van der Waals surface area contributed by atoms with Crippen LogP contribution in [0.5, 0.6) is 11.5 Å². The predicted octanol–water partition coefficient (Wildman–Crippen LogP) is 3.34. The summed E-state index contributed by atoms with van der Waals surface area (Å²) in [5.41, 5.74) is 0.667. The van der Waals surface area contributed by atoms with Crippen LogP contribution in [0.1, 0.15) is 25.7 Å². The molecule has 1 aliphatic carbocycles. The highest BCUT2D eigenvalue weighted by Gasteiger charge is 2.42. The molecule has 0 N–H and O–H groups in total. The van der Waals surface area contributed by atoms with Crippen LogP contribution in [-0.2, 0) is 0 Å². The Morgan fingerprint density at radius 2 is 1.89 bits per heavy atom. The zero-order chi connectivity index (χ0) is 12.7. The zero-order valence-corrected chi connectivity index (χ0v) is 11.9. The van der Waals surface area contributed by atoms with Gasteiger partial charge in [0, 0.05) is 18.0 Å². The van der Waals surface area contributed by atoms with Gasteiger partial charge in [0.15, 0.2) is 11.5 Å². The highest BCUT2D eigenvalue weighted by Crippen LogP contribution is 2.50. The maximum Gasteiger partial charge on any atom is 0.162 e. The summed E-state index contributed by atoms with van der Waals surface area (Å²) in [5, 5.41) is 0. The fourth-order valence-corrected chi connectivity index (χ4v) is 4.39. The van der Waals surface area contributed by atoms with Gasteiger partial charge in [-0.05, 0) is 54.8 Å². The van der Waals surface area contributed by atoms with Gasteiger partial charge in [0.1, 0.15) is 13.2 Å². The van der Waals surface area contributed by atoms with Gasteiger partial charge in [-0.15, -0.1) is 0 Å². The molecule has 3 aliphatic rings. The Morgan fingerprint density at radius 3 is 2.63 bits per heavy atom. The number of benzene rings is 1. The van der Waals surface area contributed by atoms with Gasteiger partial charge in [0.25, 0.3) is 0 Å². The van der Waals surface area contributed by atoms with Crippen molar-refractivity contribution < 1.29 is 9.47 Å². The predicted molar refractivity (Wildman–Crippen MR) is 75.8 cm³/mol. The van der Waals surface area contributed by atoms with Crippen LogP contribution in [-0.4, -0.2) is 30.6 Å². The highest BCUT2D eigenvalue weighted by molar-refractivity contribution is 7.97. The number of hydrogen-bond donors (Lipinski definition) is 0. The van der Waals surface area contributed by atoms with Crippen LogP contribution in [0.3, 0.4) is 0 Å². The van der Waals surface area contributed by atoms with Gasteiger partial charge in [0.2, 0.25) is 0 Å². The molecule has 2 fully saturated rings. The van der Waals surface area contributed by atoms with Crippen LogP contribution in [0.2, 0.25) is 0 Å². The third kappa shape index (κ3) is 2.21. The summed E-state index contributed by atoms with van der Waals surface area (Å²) in [5.74, 6) is 1.78. The summed E-state index contributed by atoms with van der Waals surface area (Å²) >= 11 is 1.87. The smallest absolute Gasteiger partial charge is 0.162 e. The number of ether oxygens (including phenoxy) is 2. The molecule has 0 amide bonds. The van der Waals surface area contributed by atoms with E-state index < -0.39 is 0 Å². The Balaban J connectivity index is 1.45. The van der Waals surface area contributed by atoms with Gasteiger partial charge in [-0.25, -0.2) is 4.31 Å². The Kier molecular flexibility index (Phi) is 2.88. The first kappa shape index (κ1) is 11.9. The normalized spacial score (nSPS) is 24.4. The quantitative estimate of drug-likeness (QED) is 0.773. The van der Waals surface area contributed by atoms with Crippen LogP contribution in [0.15, 0.2) is 23.1 Å². The van der Waals surface area contributed by atoms with E-state index in [1.807, 2.05) is 18.0 Å².